The number of anilines is 2. The standard InChI is InChI=1S/C24H29N5O3S/c1-24(2,3)33(31,32)18-11-9-17(10-12-18)27-22-21-20(13-14-26-23(21)30)29(28-22)19-8-6-4-5-7-16(19)15-25/h9-14,16,19H,4-8H2,1-3H3,(H,26,30)(H,27,28)/t16?,19-/m1/s1. The van der Waals surface area contributed by atoms with Gasteiger partial charge in [-0.1, -0.05) is 19.3 Å². The van der Waals surface area contributed by atoms with Crippen LogP contribution in [0.1, 0.15) is 58.9 Å². The Kier molecular flexibility index (Phi) is 6.06. The fourth-order valence-corrected chi connectivity index (χ4v) is 5.58. The van der Waals surface area contributed by atoms with Crippen molar-refractivity contribution in [3.63, 3.8) is 0 Å². The number of nitrogens with one attached hydrogen (secondary N) is 2. The second kappa shape index (κ2) is 8.67. The van der Waals surface area contributed by atoms with E-state index in [-0.39, 0.29) is 22.4 Å². The number of aromatic amines is 1. The Hall–Kier alpha value is -3.12. The van der Waals surface area contributed by atoms with Gasteiger partial charge in [-0.25, -0.2) is 8.42 Å². The number of hydrogen-bond donors (Lipinski definition) is 2. The lowest BCUT2D eigenvalue weighted by molar-refractivity contribution is 0.353. The fraction of sp³-hybridized carbons (Fsp3) is 0.458. The van der Waals surface area contributed by atoms with E-state index in [1.807, 2.05) is 10.7 Å². The monoisotopic (exact) mass is 467 g/mol. The maximum Gasteiger partial charge on any atom is 0.261 e. The van der Waals surface area contributed by atoms with E-state index in [4.69, 9.17) is 5.10 Å². The number of nitriles is 1. The number of aromatic nitrogens is 3. The number of nitrogens with zero attached hydrogens (tertiary/aromatic N) is 3. The molecule has 2 atom stereocenters. The third-order valence-electron chi connectivity index (χ3n) is 6.32. The van der Waals surface area contributed by atoms with Crippen molar-refractivity contribution < 1.29 is 8.42 Å². The Labute approximate surface area is 193 Å². The van der Waals surface area contributed by atoms with Crippen LogP contribution in [0.15, 0.2) is 46.2 Å². The maximum atomic E-state index is 12.7. The number of rotatable bonds is 4. The maximum absolute atomic E-state index is 12.7. The van der Waals surface area contributed by atoms with Crippen molar-refractivity contribution in [2.75, 3.05) is 5.32 Å². The first-order chi connectivity index (χ1) is 15.6. The topological polar surface area (TPSA) is 121 Å². The summed E-state index contributed by atoms with van der Waals surface area (Å²) in [6, 6.07) is 10.6. The molecule has 0 aliphatic heterocycles. The molecule has 4 rings (SSSR count). The third-order valence-corrected chi connectivity index (χ3v) is 8.83. The predicted octanol–water partition coefficient (Wildman–Crippen LogP) is 4.69. The molecule has 0 bridgehead atoms. The molecule has 2 aromatic heterocycles. The van der Waals surface area contributed by atoms with Crippen LogP contribution in [0.2, 0.25) is 0 Å². The lowest BCUT2D eigenvalue weighted by atomic mass is 9.96. The number of pyridine rings is 1. The van der Waals surface area contributed by atoms with Gasteiger partial charge in [0.25, 0.3) is 5.56 Å². The van der Waals surface area contributed by atoms with Crippen LogP contribution in [0, 0.1) is 17.2 Å². The molecule has 3 aromatic rings. The molecule has 33 heavy (non-hydrogen) atoms. The minimum absolute atomic E-state index is 0.100. The van der Waals surface area contributed by atoms with Crippen molar-refractivity contribution in [2.45, 2.75) is 68.6 Å². The first-order valence-electron chi connectivity index (χ1n) is 11.2. The van der Waals surface area contributed by atoms with Crippen LogP contribution in [0.25, 0.3) is 10.9 Å². The summed E-state index contributed by atoms with van der Waals surface area (Å²) in [4.78, 5) is 15.7. The van der Waals surface area contributed by atoms with Crippen molar-refractivity contribution in [3.8, 4) is 6.07 Å². The van der Waals surface area contributed by atoms with Crippen LogP contribution in [0.4, 0.5) is 11.5 Å². The number of H-pyrrole nitrogens is 1. The SMILES string of the molecule is CC(C)(C)S(=O)(=O)c1ccc(Nc2nn([C@@H]3CCCCCC3C#N)c3cc[nH]c(=O)c23)cc1. The van der Waals surface area contributed by atoms with Crippen LogP contribution in [0.5, 0.6) is 0 Å². The molecule has 1 aliphatic rings. The average molecular weight is 468 g/mol. The zero-order valence-corrected chi connectivity index (χ0v) is 19.9. The average Bonchev–Trinajstić information content (AvgIpc) is 2.97. The third kappa shape index (κ3) is 4.27. The molecule has 0 radical (unpaired) electrons. The molecular weight excluding hydrogens is 438 g/mol. The molecule has 1 aromatic carbocycles. The van der Waals surface area contributed by atoms with Crippen molar-refractivity contribution in [1.82, 2.24) is 14.8 Å². The minimum Gasteiger partial charge on any atom is -0.338 e. The number of hydrogen-bond acceptors (Lipinski definition) is 6. The van der Waals surface area contributed by atoms with Gasteiger partial charge in [0.1, 0.15) is 5.39 Å². The molecule has 2 N–H and O–H groups in total. The highest BCUT2D eigenvalue weighted by molar-refractivity contribution is 7.92. The van der Waals surface area contributed by atoms with E-state index in [2.05, 4.69) is 16.4 Å². The van der Waals surface area contributed by atoms with Gasteiger partial charge in [-0.3, -0.25) is 9.48 Å². The quantitative estimate of drug-likeness (QED) is 0.537. The van der Waals surface area contributed by atoms with Gasteiger partial charge in [-0.15, -0.1) is 0 Å². The summed E-state index contributed by atoms with van der Waals surface area (Å²) in [5, 5.41) is 18.1. The summed E-state index contributed by atoms with van der Waals surface area (Å²) in [6.07, 6.45) is 6.36. The molecule has 0 amide bonds. The zero-order valence-electron chi connectivity index (χ0n) is 19.1. The van der Waals surface area contributed by atoms with E-state index in [0.29, 0.717) is 22.4 Å². The highest BCUT2D eigenvalue weighted by atomic mass is 32.2. The summed E-state index contributed by atoms with van der Waals surface area (Å²) >= 11 is 0. The molecular formula is C24H29N5O3S. The summed E-state index contributed by atoms with van der Waals surface area (Å²) in [5.74, 6) is 0.226. The van der Waals surface area contributed by atoms with Crippen LogP contribution < -0.4 is 10.9 Å². The molecule has 0 saturated heterocycles. The fourth-order valence-electron chi connectivity index (χ4n) is 4.38. The lowest BCUT2D eigenvalue weighted by Gasteiger charge is -2.20. The van der Waals surface area contributed by atoms with Gasteiger partial charge >= 0.3 is 0 Å². The van der Waals surface area contributed by atoms with E-state index in [9.17, 15) is 18.5 Å². The normalized spacial score (nSPS) is 19.7. The second-order valence-corrected chi connectivity index (χ2v) is 12.3. The van der Waals surface area contributed by atoms with Crippen LogP contribution in [-0.2, 0) is 9.84 Å². The number of sulfone groups is 1. The van der Waals surface area contributed by atoms with E-state index in [1.54, 1.807) is 51.2 Å². The largest absolute Gasteiger partial charge is 0.338 e. The molecule has 0 spiro atoms. The first-order valence-corrected chi connectivity index (χ1v) is 12.7. The summed E-state index contributed by atoms with van der Waals surface area (Å²) in [5.41, 5.74) is 1.03. The first kappa shape index (κ1) is 23.1. The highest BCUT2D eigenvalue weighted by Gasteiger charge is 2.31. The smallest absolute Gasteiger partial charge is 0.261 e. The van der Waals surface area contributed by atoms with Gasteiger partial charge in [-0.2, -0.15) is 10.4 Å². The van der Waals surface area contributed by atoms with Gasteiger partial charge in [-0.05, 0) is 63.9 Å². The van der Waals surface area contributed by atoms with E-state index < -0.39 is 14.6 Å². The molecule has 1 saturated carbocycles. The Bertz CT molecular complexity index is 1360. The molecule has 1 aliphatic carbocycles. The molecule has 174 valence electrons. The second-order valence-electron chi connectivity index (χ2n) is 9.57. The lowest BCUT2D eigenvalue weighted by Crippen LogP contribution is -2.27. The Morgan fingerprint density at radius 1 is 1.12 bits per heavy atom. The van der Waals surface area contributed by atoms with Crippen molar-refractivity contribution >= 4 is 32.2 Å². The van der Waals surface area contributed by atoms with E-state index in [0.717, 1.165) is 32.1 Å². The van der Waals surface area contributed by atoms with Gasteiger partial charge in [0.05, 0.1) is 33.2 Å². The summed E-state index contributed by atoms with van der Waals surface area (Å²) in [7, 11) is -3.46. The van der Waals surface area contributed by atoms with E-state index in [1.165, 1.54) is 0 Å². The van der Waals surface area contributed by atoms with Crippen LogP contribution in [-0.4, -0.2) is 27.9 Å². The van der Waals surface area contributed by atoms with Gasteiger partial charge < -0.3 is 10.3 Å². The van der Waals surface area contributed by atoms with Crippen molar-refractivity contribution in [1.29, 1.82) is 5.26 Å². The molecule has 2 heterocycles. The Morgan fingerprint density at radius 3 is 2.48 bits per heavy atom. The van der Waals surface area contributed by atoms with Crippen LogP contribution in [0.3, 0.4) is 0 Å². The van der Waals surface area contributed by atoms with Gasteiger partial charge in [0, 0.05) is 11.9 Å². The highest BCUT2D eigenvalue weighted by Crippen LogP contribution is 2.36. The van der Waals surface area contributed by atoms with Crippen molar-refractivity contribution in [2.24, 2.45) is 5.92 Å². The zero-order chi connectivity index (χ0) is 23.8. The number of benzene rings is 1. The molecule has 9 heteroatoms. The van der Waals surface area contributed by atoms with Gasteiger partial charge in [0.2, 0.25) is 0 Å². The Balaban J connectivity index is 1.74. The van der Waals surface area contributed by atoms with E-state index >= 15 is 0 Å². The molecule has 1 fully saturated rings. The minimum atomic E-state index is -3.46. The van der Waals surface area contributed by atoms with Crippen molar-refractivity contribution in [3.05, 3.63) is 46.9 Å². The van der Waals surface area contributed by atoms with Gasteiger partial charge in [0.15, 0.2) is 15.7 Å². The summed E-state index contributed by atoms with van der Waals surface area (Å²) < 4.78 is 26.3. The number of fused-ring (bicyclic) bond motifs is 1. The summed E-state index contributed by atoms with van der Waals surface area (Å²) in [6.45, 7) is 5.00. The van der Waals surface area contributed by atoms with Crippen LogP contribution >= 0.6 is 0 Å². The Morgan fingerprint density at radius 2 is 1.82 bits per heavy atom. The molecule has 8 nitrogen and oxygen atoms in total. The molecule has 1 unspecified atom stereocenters. The predicted molar refractivity (Wildman–Crippen MR) is 128 cm³/mol.